The van der Waals surface area contributed by atoms with Crippen LogP contribution in [0.5, 0.6) is 0 Å². The van der Waals surface area contributed by atoms with E-state index in [-0.39, 0.29) is 24.6 Å². The summed E-state index contributed by atoms with van der Waals surface area (Å²) in [6, 6.07) is 10.2. The van der Waals surface area contributed by atoms with Gasteiger partial charge in [-0.3, -0.25) is 13.9 Å². The smallest absolute Gasteiger partial charge is 0.354 e. The molecule has 2 amide bonds. The van der Waals surface area contributed by atoms with E-state index >= 15 is 0 Å². The van der Waals surface area contributed by atoms with Gasteiger partial charge in [0.25, 0.3) is 0 Å². The molecule has 204 valence electrons. The summed E-state index contributed by atoms with van der Waals surface area (Å²) < 4.78 is 65.6. The molecule has 0 aliphatic heterocycles. The van der Waals surface area contributed by atoms with Gasteiger partial charge in [0, 0.05) is 13.1 Å². The standard InChI is InChI=1S/C26H34F3N3O4S/c1-5-7-14-30-25(34)23(6-2)31(17-20-11-8-10-19(3)15-20)24(33)18-32(37(4,35)36)22-13-9-12-21(16-22)26(27,28)29/h8-13,15-16,23H,5-7,14,17-18H2,1-4H3,(H,30,34)/t23-/m0/s1. The number of carbonyl (C=O) groups is 2. The summed E-state index contributed by atoms with van der Waals surface area (Å²) in [5.41, 5.74) is 0.344. The number of aryl methyl sites for hydroxylation is 1. The molecule has 0 aliphatic carbocycles. The summed E-state index contributed by atoms with van der Waals surface area (Å²) >= 11 is 0. The van der Waals surface area contributed by atoms with E-state index in [0.29, 0.717) is 16.9 Å². The summed E-state index contributed by atoms with van der Waals surface area (Å²) in [5, 5.41) is 2.82. The number of rotatable bonds is 12. The predicted octanol–water partition coefficient (Wildman–Crippen LogP) is 4.50. The summed E-state index contributed by atoms with van der Waals surface area (Å²) in [6.07, 6.45) is -1.99. The second kappa shape index (κ2) is 12.9. The number of anilines is 1. The van der Waals surface area contributed by atoms with Crippen molar-refractivity contribution in [3.05, 3.63) is 65.2 Å². The molecule has 0 saturated carbocycles. The predicted molar refractivity (Wildman–Crippen MR) is 137 cm³/mol. The van der Waals surface area contributed by atoms with Crippen molar-refractivity contribution in [1.29, 1.82) is 0 Å². The summed E-state index contributed by atoms with van der Waals surface area (Å²) in [4.78, 5) is 27.9. The molecule has 0 bridgehead atoms. The molecule has 11 heteroatoms. The fraction of sp³-hybridized carbons (Fsp3) is 0.462. The molecule has 7 nitrogen and oxygen atoms in total. The van der Waals surface area contributed by atoms with Crippen LogP contribution in [0.15, 0.2) is 48.5 Å². The maximum Gasteiger partial charge on any atom is 0.416 e. The number of nitrogens with one attached hydrogen (secondary N) is 1. The van der Waals surface area contributed by atoms with Crippen molar-refractivity contribution in [2.45, 2.75) is 58.8 Å². The van der Waals surface area contributed by atoms with Crippen molar-refractivity contribution in [1.82, 2.24) is 10.2 Å². The molecule has 0 spiro atoms. The van der Waals surface area contributed by atoms with E-state index in [1.165, 1.54) is 11.0 Å². The van der Waals surface area contributed by atoms with Crippen molar-refractivity contribution < 1.29 is 31.2 Å². The van der Waals surface area contributed by atoms with Crippen LogP contribution in [0.25, 0.3) is 0 Å². The summed E-state index contributed by atoms with van der Waals surface area (Å²) in [7, 11) is -4.14. The zero-order valence-electron chi connectivity index (χ0n) is 21.5. The SMILES string of the molecule is CCCCNC(=O)[C@H](CC)N(Cc1cccc(C)c1)C(=O)CN(c1cccc(C(F)(F)F)c1)S(C)(=O)=O. The van der Waals surface area contributed by atoms with E-state index < -0.39 is 40.3 Å². The molecule has 2 rings (SSSR count). The third-order valence-electron chi connectivity index (χ3n) is 5.79. The first-order valence-corrected chi connectivity index (χ1v) is 13.9. The number of carbonyl (C=O) groups excluding carboxylic acids is 2. The van der Waals surface area contributed by atoms with Crippen LogP contribution in [-0.4, -0.2) is 50.5 Å². The van der Waals surface area contributed by atoms with E-state index in [2.05, 4.69) is 5.32 Å². The molecular formula is C26H34F3N3O4S. The molecule has 1 N–H and O–H groups in total. The molecule has 0 heterocycles. The molecule has 0 fully saturated rings. The number of amides is 2. The molecule has 0 radical (unpaired) electrons. The first-order valence-electron chi connectivity index (χ1n) is 12.1. The van der Waals surface area contributed by atoms with Crippen LogP contribution in [0, 0.1) is 6.92 Å². The van der Waals surface area contributed by atoms with E-state index in [1.54, 1.807) is 19.1 Å². The lowest BCUT2D eigenvalue weighted by molar-refractivity contribution is -0.140. The fourth-order valence-corrected chi connectivity index (χ4v) is 4.73. The van der Waals surface area contributed by atoms with Crippen molar-refractivity contribution in [2.75, 3.05) is 23.7 Å². The third kappa shape index (κ3) is 8.77. The van der Waals surface area contributed by atoms with Gasteiger partial charge in [-0.25, -0.2) is 8.42 Å². The Morgan fingerprint density at radius 1 is 1.05 bits per heavy atom. The molecule has 0 aromatic heterocycles. The van der Waals surface area contributed by atoms with Gasteiger partial charge in [-0.05, 0) is 43.5 Å². The Labute approximate surface area is 216 Å². The normalized spacial score (nSPS) is 12.6. The molecule has 1 atom stereocenters. The highest BCUT2D eigenvalue weighted by atomic mass is 32.2. The number of hydrogen-bond acceptors (Lipinski definition) is 4. The van der Waals surface area contributed by atoms with Crippen molar-refractivity contribution in [2.24, 2.45) is 0 Å². The van der Waals surface area contributed by atoms with Crippen LogP contribution in [-0.2, 0) is 32.3 Å². The third-order valence-corrected chi connectivity index (χ3v) is 6.93. The van der Waals surface area contributed by atoms with Gasteiger partial charge in [-0.1, -0.05) is 56.2 Å². The summed E-state index contributed by atoms with van der Waals surface area (Å²) in [6.45, 7) is 5.29. The van der Waals surface area contributed by atoms with Gasteiger partial charge >= 0.3 is 6.18 Å². The average Bonchev–Trinajstić information content (AvgIpc) is 2.81. The van der Waals surface area contributed by atoms with Crippen molar-refractivity contribution in [3.63, 3.8) is 0 Å². The quantitative estimate of drug-likeness (QED) is 0.401. The Morgan fingerprint density at radius 3 is 2.30 bits per heavy atom. The zero-order valence-corrected chi connectivity index (χ0v) is 22.3. The van der Waals surface area contributed by atoms with Gasteiger partial charge in [0.2, 0.25) is 21.8 Å². The molecular weight excluding hydrogens is 507 g/mol. The van der Waals surface area contributed by atoms with Gasteiger partial charge in [-0.2, -0.15) is 13.2 Å². The molecule has 0 unspecified atom stereocenters. The van der Waals surface area contributed by atoms with Crippen LogP contribution in [0.2, 0.25) is 0 Å². The second-order valence-electron chi connectivity index (χ2n) is 8.90. The van der Waals surface area contributed by atoms with Crippen LogP contribution in [0.1, 0.15) is 49.8 Å². The van der Waals surface area contributed by atoms with E-state index in [1.807, 2.05) is 26.0 Å². The van der Waals surface area contributed by atoms with E-state index in [9.17, 15) is 31.2 Å². The van der Waals surface area contributed by atoms with E-state index in [4.69, 9.17) is 0 Å². The maximum atomic E-state index is 13.6. The second-order valence-corrected chi connectivity index (χ2v) is 10.8. The fourth-order valence-electron chi connectivity index (χ4n) is 3.88. The van der Waals surface area contributed by atoms with Gasteiger partial charge in [0.1, 0.15) is 12.6 Å². The molecule has 2 aromatic carbocycles. The maximum absolute atomic E-state index is 13.6. The Balaban J connectivity index is 2.46. The highest BCUT2D eigenvalue weighted by Gasteiger charge is 2.34. The number of halogens is 3. The van der Waals surface area contributed by atoms with Crippen molar-refractivity contribution >= 4 is 27.5 Å². The van der Waals surface area contributed by atoms with Crippen LogP contribution < -0.4 is 9.62 Å². The highest BCUT2D eigenvalue weighted by Crippen LogP contribution is 2.32. The lowest BCUT2D eigenvalue weighted by atomic mass is 10.1. The molecule has 37 heavy (non-hydrogen) atoms. The first kappa shape index (κ1) is 30.1. The van der Waals surface area contributed by atoms with Crippen LogP contribution >= 0.6 is 0 Å². The minimum atomic E-state index is -4.69. The topological polar surface area (TPSA) is 86.8 Å². The number of unbranched alkanes of at least 4 members (excludes halogenated alkanes) is 1. The largest absolute Gasteiger partial charge is 0.416 e. The number of alkyl halides is 3. The van der Waals surface area contributed by atoms with Crippen LogP contribution in [0.4, 0.5) is 18.9 Å². The number of benzene rings is 2. The zero-order chi connectivity index (χ0) is 27.8. The number of sulfonamides is 1. The Bertz CT molecular complexity index is 1190. The minimum Gasteiger partial charge on any atom is -0.354 e. The van der Waals surface area contributed by atoms with Gasteiger partial charge < -0.3 is 10.2 Å². The lowest BCUT2D eigenvalue weighted by Gasteiger charge is -2.33. The van der Waals surface area contributed by atoms with Gasteiger partial charge in [0.05, 0.1) is 17.5 Å². The van der Waals surface area contributed by atoms with Gasteiger partial charge in [-0.15, -0.1) is 0 Å². The average molecular weight is 542 g/mol. The molecule has 0 aliphatic rings. The number of hydrogen-bond donors (Lipinski definition) is 1. The lowest BCUT2D eigenvalue weighted by Crippen LogP contribution is -2.52. The Morgan fingerprint density at radius 2 is 1.73 bits per heavy atom. The monoisotopic (exact) mass is 541 g/mol. The van der Waals surface area contributed by atoms with Crippen LogP contribution in [0.3, 0.4) is 0 Å². The van der Waals surface area contributed by atoms with Gasteiger partial charge in [0.15, 0.2) is 0 Å². The highest BCUT2D eigenvalue weighted by molar-refractivity contribution is 7.92. The number of nitrogens with zero attached hydrogens (tertiary/aromatic N) is 2. The Hall–Kier alpha value is -3.08. The van der Waals surface area contributed by atoms with E-state index in [0.717, 1.165) is 42.4 Å². The first-order chi connectivity index (χ1) is 17.3. The molecule has 2 aromatic rings. The summed E-state index contributed by atoms with van der Waals surface area (Å²) in [5.74, 6) is -1.08. The molecule has 0 saturated heterocycles. The minimum absolute atomic E-state index is 0.0282. The Kier molecular flexibility index (Phi) is 10.5. The van der Waals surface area contributed by atoms with Crippen molar-refractivity contribution in [3.8, 4) is 0 Å².